The molecule has 120 valence electrons. The molecule has 0 saturated carbocycles. The molecule has 2 aromatic carbocycles. The van der Waals surface area contributed by atoms with E-state index in [1.807, 2.05) is 31.2 Å². The summed E-state index contributed by atoms with van der Waals surface area (Å²) in [5.74, 6) is 1.24. The van der Waals surface area contributed by atoms with Crippen molar-refractivity contribution in [3.05, 3.63) is 64.3 Å². The maximum atomic E-state index is 6.45. The maximum absolute atomic E-state index is 6.45. The molecule has 0 radical (unpaired) electrons. The van der Waals surface area contributed by atoms with E-state index in [2.05, 4.69) is 33.4 Å². The van der Waals surface area contributed by atoms with Crippen molar-refractivity contribution in [1.82, 2.24) is 15.2 Å². The Bertz CT molecular complexity index is 994. The van der Waals surface area contributed by atoms with Crippen LogP contribution >= 0.6 is 22.9 Å². The number of nitrogens with zero attached hydrogens (tertiary/aromatic N) is 3. The molecule has 2 heterocycles. The Kier molecular flexibility index (Phi) is 4.04. The molecule has 6 heteroatoms. The van der Waals surface area contributed by atoms with Crippen LogP contribution in [-0.4, -0.2) is 15.2 Å². The number of aromatic nitrogens is 3. The quantitative estimate of drug-likeness (QED) is 0.507. The fourth-order valence-electron chi connectivity index (χ4n) is 2.54. The van der Waals surface area contributed by atoms with Crippen LogP contribution in [0.15, 0.2) is 46.9 Å². The van der Waals surface area contributed by atoms with Gasteiger partial charge in [0, 0.05) is 6.42 Å². The van der Waals surface area contributed by atoms with E-state index < -0.39 is 0 Å². The molecule has 2 aromatic heterocycles. The minimum Gasteiger partial charge on any atom is -0.425 e. The molecule has 0 bridgehead atoms. The molecule has 0 fully saturated rings. The molecule has 0 saturated heterocycles. The lowest BCUT2D eigenvalue weighted by molar-refractivity contribution is 0.462. The monoisotopic (exact) mass is 355 g/mol. The summed E-state index contributed by atoms with van der Waals surface area (Å²) in [5.41, 5.74) is 3.06. The maximum Gasteiger partial charge on any atom is 0.223 e. The molecule has 4 nitrogen and oxygen atoms in total. The zero-order valence-corrected chi connectivity index (χ0v) is 14.6. The second-order valence-corrected chi connectivity index (χ2v) is 6.92. The highest BCUT2D eigenvalue weighted by atomic mass is 35.5. The Balaban J connectivity index is 1.71. The van der Waals surface area contributed by atoms with E-state index in [9.17, 15) is 0 Å². The lowest BCUT2D eigenvalue weighted by Crippen LogP contribution is -1.86. The summed E-state index contributed by atoms with van der Waals surface area (Å²) in [4.78, 5) is 4.64. The summed E-state index contributed by atoms with van der Waals surface area (Å²) in [6, 6.07) is 14.3. The fourth-order valence-corrected chi connectivity index (χ4v) is 3.88. The first-order valence-electron chi connectivity index (χ1n) is 7.68. The zero-order chi connectivity index (χ0) is 16.5. The van der Waals surface area contributed by atoms with Crippen molar-refractivity contribution in [1.29, 1.82) is 0 Å². The van der Waals surface area contributed by atoms with Gasteiger partial charge in [-0.3, -0.25) is 0 Å². The lowest BCUT2D eigenvalue weighted by Gasteiger charge is -2.02. The molecule has 0 aliphatic rings. The van der Waals surface area contributed by atoms with Crippen molar-refractivity contribution in [3.63, 3.8) is 0 Å². The number of halogens is 1. The van der Waals surface area contributed by atoms with E-state index in [1.54, 1.807) is 11.3 Å². The summed E-state index contributed by atoms with van der Waals surface area (Å²) in [6.45, 7) is 1.99. The predicted octanol–water partition coefficient (Wildman–Crippen LogP) is 5.15. The number of hydrogen-bond donors (Lipinski definition) is 0. The molecule has 0 spiro atoms. The van der Waals surface area contributed by atoms with E-state index in [-0.39, 0.29) is 0 Å². The van der Waals surface area contributed by atoms with Crippen LogP contribution in [0.2, 0.25) is 5.02 Å². The van der Waals surface area contributed by atoms with E-state index in [4.69, 9.17) is 16.0 Å². The smallest absolute Gasteiger partial charge is 0.223 e. The van der Waals surface area contributed by atoms with Crippen LogP contribution in [0.25, 0.3) is 21.3 Å². The molecule has 0 aliphatic carbocycles. The van der Waals surface area contributed by atoms with Crippen molar-refractivity contribution in [2.45, 2.75) is 19.8 Å². The van der Waals surface area contributed by atoms with Crippen LogP contribution in [0.4, 0.5) is 0 Å². The molecule has 0 atom stereocenters. The van der Waals surface area contributed by atoms with Gasteiger partial charge in [-0.15, -0.1) is 21.5 Å². The average Bonchev–Trinajstić information content (AvgIpc) is 3.22. The molecular weight excluding hydrogens is 342 g/mol. The molecule has 4 aromatic rings. The number of rotatable bonds is 4. The minimum absolute atomic E-state index is 0.531. The molecule has 0 aliphatic heterocycles. The van der Waals surface area contributed by atoms with Gasteiger partial charge in [0.15, 0.2) is 0 Å². The summed E-state index contributed by atoms with van der Waals surface area (Å²) >= 11 is 8.06. The Labute approximate surface area is 148 Å². The Hall–Kier alpha value is -2.24. The van der Waals surface area contributed by atoms with E-state index >= 15 is 0 Å². The fraction of sp³-hybridized carbons (Fsp3) is 0.167. The molecular formula is C18H14ClN3OS. The highest BCUT2D eigenvalue weighted by Crippen LogP contribution is 2.34. The molecule has 4 rings (SSSR count). The third-order valence-electron chi connectivity index (χ3n) is 3.71. The minimum atomic E-state index is 0.531. The summed E-state index contributed by atoms with van der Waals surface area (Å²) in [6.07, 6.45) is 1.27. The van der Waals surface area contributed by atoms with Gasteiger partial charge in [0.25, 0.3) is 0 Å². The third kappa shape index (κ3) is 2.92. The number of hydrogen-bond acceptors (Lipinski definition) is 5. The lowest BCUT2D eigenvalue weighted by atomic mass is 10.1. The van der Waals surface area contributed by atoms with E-state index in [0.717, 1.165) is 32.8 Å². The Morgan fingerprint density at radius 3 is 2.58 bits per heavy atom. The normalized spacial score (nSPS) is 11.2. The van der Waals surface area contributed by atoms with Crippen molar-refractivity contribution >= 4 is 33.2 Å². The van der Waals surface area contributed by atoms with Gasteiger partial charge in [-0.05, 0) is 23.3 Å². The Morgan fingerprint density at radius 1 is 1.04 bits per heavy atom. The van der Waals surface area contributed by atoms with Crippen molar-refractivity contribution in [2.24, 2.45) is 0 Å². The van der Waals surface area contributed by atoms with Crippen LogP contribution in [0, 0.1) is 0 Å². The van der Waals surface area contributed by atoms with Gasteiger partial charge in [0.2, 0.25) is 11.8 Å². The number of benzene rings is 2. The third-order valence-corrected chi connectivity index (χ3v) is 5.00. The standard InChI is InChI=1S/C18H14ClN3OS/c1-2-15-21-22-16(23-15)10-17-20-18-13(19)8-12(9-14(18)24-17)11-6-4-3-5-7-11/h3-9H,2,10H2,1H3. The largest absolute Gasteiger partial charge is 0.425 e. The predicted molar refractivity (Wildman–Crippen MR) is 96.5 cm³/mol. The van der Waals surface area contributed by atoms with Crippen LogP contribution < -0.4 is 0 Å². The molecule has 0 unspecified atom stereocenters. The summed E-state index contributed by atoms with van der Waals surface area (Å²) < 4.78 is 6.63. The van der Waals surface area contributed by atoms with Gasteiger partial charge in [-0.25, -0.2) is 4.98 Å². The topological polar surface area (TPSA) is 51.8 Å². The number of fused-ring (bicyclic) bond motifs is 1. The molecule has 0 N–H and O–H groups in total. The number of aryl methyl sites for hydroxylation is 1. The first-order valence-corrected chi connectivity index (χ1v) is 8.88. The van der Waals surface area contributed by atoms with Gasteiger partial charge in [-0.1, -0.05) is 48.9 Å². The Morgan fingerprint density at radius 2 is 1.83 bits per heavy atom. The summed E-state index contributed by atoms with van der Waals surface area (Å²) in [5, 5.41) is 9.63. The van der Waals surface area contributed by atoms with Gasteiger partial charge in [0.05, 0.1) is 16.1 Å². The van der Waals surface area contributed by atoms with Gasteiger partial charge < -0.3 is 4.42 Å². The number of thiazole rings is 1. The van der Waals surface area contributed by atoms with Gasteiger partial charge >= 0.3 is 0 Å². The first-order chi connectivity index (χ1) is 11.7. The van der Waals surface area contributed by atoms with Crippen molar-refractivity contribution < 1.29 is 4.42 Å². The van der Waals surface area contributed by atoms with Gasteiger partial charge in [0.1, 0.15) is 10.5 Å². The molecule has 24 heavy (non-hydrogen) atoms. The van der Waals surface area contributed by atoms with Gasteiger partial charge in [-0.2, -0.15) is 0 Å². The SMILES string of the molecule is CCc1nnc(Cc2nc3c(Cl)cc(-c4ccccc4)cc3s2)o1. The first kappa shape index (κ1) is 15.3. The second kappa shape index (κ2) is 6.34. The van der Waals surface area contributed by atoms with E-state index in [1.165, 1.54) is 0 Å². The average molecular weight is 356 g/mol. The van der Waals surface area contributed by atoms with Crippen molar-refractivity contribution in [3.8, 4) is 11.1 Å². The highest BCUT2D eigenvalue weighted by molar-refractivity contribution is 7.18. The van der Waals surface area contributed by atoms with Crippen LogP contribution in [-0.2, 0) is 12.8 Å². The van der Waals surface area contributed by atoms with Crippen LogP contribution in [0.3, 0.4) is 0 Å². The second-order valence-electron chi connectivity index (χ2n) is 5.40. The van der Waals surface area contributed by atoms with Crippen LogP contribution in [0.1, 0.15) is 23.7 Å². The summed E-state index contributed by atoms with van der Waals surface area (Å²) in [7, 11) is 0. The van der Waals surface area contributed by atoms with E-state index in [0.29, 0.717) is 23.2 Å². The van der Waals surface area contributed by atoms with Crippen LogP contribution in [0.5, 0.6) is 0 Å². The molecule has 0 amide bonds. The highest BCUT2D eigenvalue weighted by Gasteiger charge is 2.13. The van der Waals surface area contributed by atoms with Crippen molar-refractivity contribution in [2.75, 3.05) is 0 Å². The zero-order valence-electron chi connectivity index (χ0n) is 13.0.